The van der Waals surface area contributed by atoms with Gasteiger partial charge in [0.05, 0.1) is 0 Å². The minimum atomic E-state index is -0.858. The number of carbonyl (C=O) groups is 1. The summed E-state index contributed by atoms with van der Waals surface area (Å²) in [4.78, 5) is 24.1. The molecule has 6 heteroatoms. The monoisotopic (exact) mass is 296 g/mol. The molecule has 1 aromatic heterocycles. The molecular weight excluding hydrogens is 272 g/mol. The van der Waals surface area contributed by atoms with Gasteiger partial charge in [0.1, 0.15) is 5.76 Å². The van der Waals surface area contributed by atoms with Crippen molar-refractivity contribution in [1.82, 2.24) is 10.1 Å². The van der Waals surface area contributed by atoms with Crippen LogP contribution in [-0.4, -0.2) is 33.8 Å². The number of rotatable bonds is 3. The van der Waals surface area contributed by atoms with Crippen LogP contribution in [0.5, 0.6) is 0 Å². The van der Waals surface area contributed by atoms with Gasteiger partial charge >= 0.3 is 6.09 Å². The summed E-state index contributed by atoms with van der Waals surface area (Å²) in [5, 5.41) is 11.7. The van der Waals surface area contributed by atoms with Gasteiger partial charge in [-0.3, -0.25) is 4.79 Å². The van der Waals surface area contributed by atoms with Crippen molar-refractivity contribution in [3.8, 4) is 0 Å². The summed E-state index contributed by atoms with van der Waals surface area (Å²) in [6.45, 7) is 6.96. The number of aromatic nitrogens is 1. The molecule has 1 amide bonds. The largest absolute Gasteiger partial charge is 0.465 e. The van der Waals surface area contributed by atoms with Crippen LogP contribution in [0.3, 0.4) is 0 Å². The maximum atomic E-state index is 11.4. The first kappa shape index (κ1) is 15.7. The van der Waals surface area contributed by atoms with E-state index in [4.69, 9.17) is 4.52 Å². The quantitative estimate of drug-likeness (QED) is 0.897. The second-order valence-electron chi connectivity index (χ2n) is 7.07. The van der Waals surface area contributed by atoms with Crippen molar-refractivity contribution in [2.75, 3.05) is 6.54 Å². The number of likely N-dealkylation sites (tertiary alicyclic amines) is 1. The standard InChI is InChI=1S/C15H24N2O4/c1-15(2,3)6-4-11-8-10(5-7-17(11)14(19)20)12-9-13(18)16-21-12/h9-11H,4-8H2,1-3H3,(H,16,18)(H,19,20)/t10-,11+/m1/s1. The molecule has 0 aliphatic carbocycles. The normalized spacial score (nSPS) is 23.3. The van der Waals surface area contributed by atoms with E-state index in [0.29, 0.717) is 25.1 Å². The van der Waals surface area contributed by atoms with Crippen molar-refractivity contribution >= 4 is 6.09 Å². The lowest BCUT2D eigenvalue weighted by molar-refractivity contribution is 0.0884. The second kappa shape index (κ2) is 5.95. The number of aromatic amines is 1. The maximum absolute atomic E-state index is 11.4. The molecule has 0 unspecified atom stereocenters. The summed E-state index contributed by atoms with van der Waals surface area (Å²) in [5.74, 6) is 0.760. The summed E-state index contributed by atoms with van der Waals surface area (Å²) in [7, 11) is 0. The SMILES string of the molecule is CC(C)(C)CC[C@H]1C[C@H](c2cc(=O)[nH]o2)CCN1C(=O)O. The van der Waals surface area contributed by atoms with Crippen LogP contribution in [0.1, 0.15) is 58.1 Å². The first-order valence-electron chi connectivity index (χ1n) is 7.44. The van der Waals surface area contributed by atoms with Crippen LogP contribution in [0.25, 0.3) is 0 Å². The van der Waals surface area contributed by atoms with E-state index in [1.807, 2.05) is 0 Å². The Kier molecular flexibility index (Phi) is 4.44. The van der Waals surface area contributed by atoms with Gasteiger partial charge in [-0.25, -0.2) is 4.79 Å². The predicted octanol–water partition coefficient (Wildman–Crippen LogP) is 3.02. The number of nitrogens with one attached hydrogen (secondary N) is 1. The number of hydrogen-bond donors (Lipinski definition) is 2. The summed E-state index contributed by atoms with van der Waals surface area (Å²) in [5.41, 5.74) is -0.0606. The third-order valence-corrected chi connectivity index (χ3v) is 4.13. The van der Waals surface area contributed by atoms with E-state index in [2.05, 4.69) is 25.9 Å². The molecular formula is C15H24N2O4. The number of H-pyrrole nitrogens is 1. The molecule has 2 atom stereocenters. The van der Waals surface area contributed by atoms with E-state index in [0.717, 1.165) is 12.8 Å². The molecule has 0 radical (unpaired) electrons. The van der Waals surface area contributed by atoms with Crippen LogP contribution in [0.15, 0.2) is 15.4 Å². The molecule has 21 heavy (non-hydrogen) atoms. The Morgan fingerprint density at radius 1 is 1.52 bits per heavy atom. The van der Waals surface area contributed by atoms with Gasteiger partial charge in [0.2, 0.25) is 0 Å². The van der Waals surface area contributed by atoms with E-state index in [-0.39, 0.29) is 22.9 Å². The average Bonchev–Trinajstić information content (AvgIpc) is 2.81. The van der Waals surface area contributed by atoms with E-state index < -0.39 is 6.09 Å². The minimum Gasteiger partial charge on any atom is -0.465 e. The fourth-order valence-corrected chi connectivity index (χ4v) is 2.93. The Balaban J connectivity index is 2.08. The van der Waals surface area contributed by atoms with E-state index in [9.17, 15) is 14.7 Å². The lowest BCUT2D eigenvalue weighted by atomic mass is 9.82. The van der Waals surface area contributed by atoms with Gasteiger partial charge < -0.3 is 14.5 Å². The van der Waals surface area contributed by atoms with Gasteiger partial charge in [-0.1, -0.05) is 20.8 Å². The Hall–Kier alpha value is -1.72. The minimum absolute atomic E-state index is 0.0133. The second-order valence-corrected chi connectivity index (χ2v) is 7.07. The lowest BCUT2D eigenvalue weighted by Gasteiger charge is -2.38. The van der Waals surface area contributed by atoms with Crippen LogP contribution in [-0.2, 0) is 0 Å². The number of piperidine rings is 1. The smallest absolute Gasteiger partial charge is 0.407 e. The topological polar surface area (TPSA) is 86.5 Å². The van der Waals surface area contributed by atoms with Gasteiger partial charge in [0.15, 0.2) is 0 Å². The van der Waals surface area contributed by atoms with Crippen LogP contribution in [0, 0.1) is 5.41 Å². The van der Waals surface area contributed by atoms with Crippen molar-refractivity contribution in [3.05, 3.63) is 22.2 Å². The van der Waals surface area contributed by atoms with Crippen molar-refractivity contribution in [3.63, 3.8) is 0 Å². The maximum Gasteiger partial charge on any atom is 0.407 e. The van der Waals surface area contributed by atoms with Crippen LogP contribution < -0.4 is 5.56 Å². The van der Waals surface area contributed by atoms with Gasteiger partial charge in [0, 0.05) is 24.6 Å². The molecule has 0 saturated carbocycles. The molecule has 2 N–H and O–H groups in total. The number of carboxylic acid groups (broad SMARTS) is 1. The van der Waals surface area contributed by atoms with Gasteiger partial charge in [-0.15, -0.1) is 0 Å². The Morgan fingerprint density at radius 2 is 2.24 bits per heavy atom. The third kappa shape index (κ3) is 4.12. The number of nitrogens with zero attached hydrogens (tertiary/aromatic N) is 1. The molecule has 1 saturated heterocycles. The fourth-order valence-electron chi connectivity index (χ4n) is 2.93. The lowest BCUT2D eigenvalue weighted by Crippen LogP contribution is -2.45. The zero-order valence-electron chi connectivity index (χ0n) is 12.9. The molecule has 0 bridgehead atoms. The highest BCUT2D eigenvalue weighted by Gasteiger charge is 2.34. The highest BCUT2D eigenvalue weighted by atomic mass is 16.5. The summed E-state index contributed by atoms with van der Waals surface area (Å²) >= 11 is 0. The number of amides is 1. The van der Waals surface area contributed by atoms with Crippen LogP contribution in [0.2, 0.25) is 0 Å². The van der Waals surface area contributed by atoms with Crippen molar-refractivity contribution in [2.24, 2.45) is 5.41 Å². The first-order chi connectivity index (χ1) is 9.76. The average molecular weight is 296 g/mol. The van der Waals surface area contributed by atoms with Gasteiger partial charge in [0.25, 0.3) is 5.56 Å². The van der Waals surface area contributed by atoms with Crippen molar-refractivity contribution in [1.29, 1.82) is 0 Å². The molecule has 2 heterocycles. The predicted molar refractivity (Wildman–Crippen MR) is 78.5 cm³/mol. The Morgan fingerprint density at radius 3 is 2.76 bits per heavy atom. The number of hydrogen-bond acceptors (Lipinski definition) is 3. The van der Waals surface area contributed by atoms with E-state index in [1.165, 1.54) is 11.0 Å². The summed E-state index contributed by atoms with van der Waals surface area (Å²) < 4.78 is 5.19. The Bertz CT molecular complexity index is 540. The first-order valence-corrected chi connectivity index (χ1v) is 7.44. The van der Waals surface area contributed by atoms with Crippen LogP contribution in [0.4, 0.5) is 4.79 Å². The third-order valence-electron chi connectivity index (χ3n) is 4.13. The molecule has 1 fully saturated rings. The van der Waals surface area contributed by atoms with Crippen molar-refractivity contribution in [2.45, 2.75) is 58.4 Å². The highest BCUT2D eigenvalue weighted by Crippen LogP contribution is 2.34. The van der Waals surface area contributed by atoms with Gasteiger partial charge in [-0.05, 0) is 31.1 Å². The molecule has 0 aromatic carbocycles. The van der Waals surface area contributed by atoms with Crippen molar-refractivity contribution < 1.29 is 14.4 Å². The Labute approximate surface area is 124 Å². The van der Waals surface area contributed by atoms with Crippen LogP contribution >= 0.6 is 0 Å². The molecule has 2 rings (SSSR count). The van der Waals surface area contributed by atoms with E-state index in [1.54, 1.807) is 0 Å². The molecule has 1 aromatic rings. The molecule has 1 aliphatic rings. The fraction of sp³-hybridized carbons (Fsp3) is 0.733. The summed E-state index contributed by atoms with van der Waals surface area (Å²) in [6, 6.07) is 1.46. The van der Waals surface area contributed by atoms with E-state index >= 15 is 0 Å². The summed E-state index contributed by atoms with van der Waals surface area (Å²) in [6.07, 6.45) is 2.34. The molecule has 6 nitrogen and oxygen atoms in total. The van der Waals surface area contributed by atoms with Gasteiger partial charge in [-0.2, -0.15) is 5.16 Å². The molecule has 0 spiro atoms. The highest BCUT2D eigenvalue weighted by molar-refractivity contribution is 5.65. The molecule has 118 valence electrons. The molecule has 1 aliphatic heterocycles. The zero-order chi connectivity index (χ0) is 15.6. The zero-order valence-corrected chi connectivity index (χ0v) is 12.9.